The molecule has 1 aromatic carbocycles. The smallest absolute Gasteiger partial charge is 0.235 e. The van der Waals surface area contributed by atoms with Gasteiger partial charge in [0.1, 0.15) is 5.75 Å². The minimum atomic E-state index is -3.40. The Morgan fingerprint density at radius 1 is 1.17 bits per heavy atom. The Kier molecular flexibility index (Phi) is 7.22. The van der Waals surface area contributed by atoms with Crippen LogP contribution < -0.4 is 5.32 Å². The van der Waals surface area contributed by atoms with Gasteiger partial charge in [0.15, 0.2) is 9.84 Å². The van der Waals surface area contributed by atoms with Gasteiger partial charge in [0.2, 0.25) is 5.91 Å². The van der Waals surface area contributed by atoms with Gasteiger partial charge in [-0.1, -0.05) is 45.0 Å². The van der Waals surface area contributed by atoms with Crippen LogP contribution in [0.1, 0.15) is 31.9 Å². The van der Waals surface area contributed by atoms with Gasteiger partial charge in [-0.2, -0.15) is 0 Å². The summed E-state index contributed by atoms with van der Waals surface area (Å²) in [6.45, 7) is 7.01. The maximum absolute atomic E-state index is 11.7. The molecule has 0 atom stereocenters. The monoisotopic (exact) mass is 341 g/mol. The van der Waals surface area contributed by atoms with Gasteiger partial charge >= 0.3 is 0 Å². The molecule has 0 radical (unpaired) electrons. The third-order valence-corrected chi connectivity index (χ3v) is 5.00. The molecule has 130 valence electrons. The Morgan fingerprint density at radius 3 is 2.30 bits per heavy atom. The zero-order valence-electron chi connectivity index (χ0n) is 14.4. The highest BCUT2D eigenvalue weighted by atomic mass is 32.2. The molecule has 0 heterocycles. The predicted molar refractivity (Wildman–Crippen MR) is 92.4 cm³/mol. The quantitative estimate of drug-likeness (QED) is 0.781. The van der Waals surface area contributed by atoms with E-state index in [9.17, 15) is 13.2 Å². The highest BCUT2D eigenvalue weighted by molar-refractivity contribution is 7.92. The zero-order valence-corrected chi connectivity index (χ0v) is 15.2. The van der Waals surface area contributed by atoms with Crippen LogP contribution in [0.15, 0.2) is 24.3 Å². The lowest BCUT2D eigenvalue weighted by atomic mass is 9.86. The minimum absolute atomic E-state index is 0.107. The Labute approximate surface area is 139 Å². The second-order valence-corrected chi connectivity index (χ2v) is 8.82. The number of carbonyl (C=O) groups is 1. The Bertz CT molecular complexity index is 600. The Hall–Kier alpha value is -1.40. The molecule has 5 nitrogen and oxygen atoms in total. The number of sulfone groups is 1. The molecule has 0 spiro atoms. The van der Waals surface area contributed by atoms with Crippen molar-refractivity contribution in [2.75, 3.05) is 31.8 Å². The van der Waals surface area contributed by atoms with Crippen LogP contribution in [0.5, 0.6) is 0 Å². The SMILES string of the molecule is COCCS(=O)(=O)CC(=O)NCCc1ccc(C(C)(C)C)cc1. The highest BCUT2D eigenvalue weighted by Gasteiger charge is 2.16. The highest BCUT2D eigenvalue weighted by Crippen LogP contribution is 2.22. The molecular weight excluding hydrogens is 314 g/mol. The zero-order chi connectivity index (χ0) is 17.5. The van der Waals surface area contributed by atoms with Gasteiger partial charge in [-0.3, -0.25) is 4.79 Å². The molecule has 1 aromatic rings. The summed E-state index contributed by atoms with van der Waals surface area (Å²) in [5, 5.41) is 2.65. The summed E-state index contributed by atoms with van der Waals surface area (Å²) in [6.07, 6.45) is 0.675. The van der Waals surface area contributed by atoms with Crippen molar-refractivity contribution in [1.29, 1.82) is 0 Å². The minimum Gasteiger partial charge on any atom is -0.384 e. The van der Waals surface area contributed by atoms with Crippen molar-refractivity contribution < 1.29 is 17.9 Å². The number of hydrogen-bond donors (Lipinski definition) is 1. The molecule has 0 bridgehead atoms. The molecule has 6 heteroatoms. The number of carbonyl (C=O) groups excluding carboxylic acids is 1. The standard InChI is InChI=1S/C17H27NO4S/c1-17(2,3)15-7-5-14(6-8-15)9-10-18-16(19)13-23(20,21)12-11-22-4/h5-8H,9-13H2,1-4H3,(H,18,19). The van der Waals surface area contributed by atoms with Crippen molar-refractivity contribution >= 4 is 15.7 Å². The summed E-state index contributed by atoms with van der Waals surface area (Å²) < 4.78 is 28.0. The van der Waals surface area contributed by atoms with E-state index in [1.54, 1.807) is 0 Å². The van der Waals surface area contributed by atoms with Crippen molar-refractivity contribution in [2.24, 2.45) is 0 Å². The molecule has 0 unspecified atom stereocenters. The second kappa shape index (κ2) is 8.45. The first-order chi connectivity index (χ1) is 10.6. The number of hydrogen-bond acceptors (Lipinski definition) is 4. The first kappa shape index (κ1) is 19.6. The summed E-state index contributed by atoms with van der Waals surface area (Å²) in [5.41, 5.74) is 2.48. The molecule has 0 aliphatic rings. The number of rotatable bonds is 8. The van der Waals surface area contributed by atoms with Crippen LogP contribution in [0.25, 0.3) is 0 Å². The predicted octanol–water partition coefficient (Wildman–Crippen LogP) is 1.70. The lowest BCUT2D eigenvalue weighted by Crippen LogP contribution is -2.33. The summed E-state index contributed by atoms with van der Waals surface area (Å²) in [6, 6.07) is 8.27. The number of methoxy groups -OCH3 is 1. The van der Waals surface area contributed by atoms with Gasteiger partial charge in [0.05, 0.1) is 12.4 Å². The fraction of sp³-hybridized carbons (Fsp3) is 0.588. The summed E-state index contributed by atoms with van der Waals surface area (Å²) in [7, 11) is -1.97. The van der Waals surface area contributed by atoms with E-state index in [1.165, 1.54) is 12.7 Å². The van der Waals surface area contributed by atoms with Crippen LogP contribution in [0, 0.1) is 0 Å². The first-order valence-electron chi connectivity index (χ1n) is 7.69. The van der Waals surface area contributed by atoms with Gasteiger partial charge in [-0.05, 0) is 23.0 Å². The number of amides is 1. The molecule has 1 rings (SSSR count). The van der Waals surface area contributed by atoms with Gasteiger partial charge in [0, 0.05) is 13.7 Å². The van der Waals surface area contributed by atoms with Crippen LogP contribution in [0.3, 0.4) is 0 Å². The third kappa shape index (κ3) is 7.61. The van der Waals surface area contributed by atoms with E-state index >= 15 is 0 Å². The Morgan fingerprint density at radius 2 is 1.78 bits per heavy atom. The third-order valence-electron chi connectivity index (χ3n) is 3.51. The molecule has 0 fully saturated rings. The molecule has 1 N–H and O–H groups in total. The number of benzene rings is 1. The first-order valence-corrected chi connectivity index (χ1v) is 9.52. The topological polar surface area (TPSA) is 72.5 Å². The van der Waals surface area contributed by atoms with E-state index in [2.05, 4.69) is 38.2 Å². The van der Waals surface area contributed by atoms with E-state index in [1.807, 2.05) is 12.1 Å². The number of ether oxygens (including phenoxy) is 1. The lowest BCUT2D eigenvalue weighted by molar-refractivity contribution is -0.118. The molecule has 0 aliphatic carbocycles. The van der Waals surface area contributed by atoms with Crippen molar-refractivity contribution in [3.05, 3.63) is 35.4 Å². The fourth-order valence-electron chi connectivity index (χ4n) is 2.05. The summed E-state index contributed by atoms with van der Waals surface area (Å²) in [4.78, 5) is 11.7. The van der Waals surface area contributed by atoms with E-state index < -0.39 is 21.5 Å². The van der Waals surface area contributed by atoms with E-state index in [-0.39, 0.29) is 17.8 Å². The summed E-state index contributed by atoms with van der Waals surface area (Å²) in [5.74, 6) is -1.09. The largest absolute Gasteiger partial charge is 0.384 e. The van der Waals surface area contributed by atoms with Gasteiger partial charge in [-0.25, -0.2) is 8.42 Å². The molecule has 0 saturated heterocycles. The van der Waals surface area contributed by atoms with Crippen molar-refractivity contribution in [2.45, 2.75) is 32.6 Å². The van der Waals surface area contributed by atoms with Gasteiger partial charge in [0.25, 0.3) is 0 Å². The van der Waals surface area contributed by atoms with Crippen LogP contribution >= 0.6 is 0 Å². The van der Waals surface area contributed by atoms with E-state index in [4.69, 9.17) is 4.74 Å². The lowest BCUT2D eigenvalue weighted by Gasteiger charge is -2.19. The molecule has 0 aromatic heterocycles. The summed E-state index contributed by atoms with van der Waals surface area (Å²) >= 11 is 0. The van der Waals surface area contributed by atoms with Crippen molar-refractivity contribution in [3.63, 3.8) is 0 Å². The van der Waals surface area contributed by atoms with Crippen molar-refractivity contribution in [1.82, 2.24) is 5.32 Å². The maximum atomic E-state index is 11.7. The fourth-order valence-corrected chi connectivity index (χ4v) is 3.12. The average Bonchev–Trinajstić information content (AvgIpc) is 2.44. The van der Waals surface area contributed by atoms with Crippen LogP contribution in [-0.2, 0) is 31.2 Å². The van der Waals surface area contributed by atoms with Crippen molar-refractivity contribution in [3.8, 4) is 0 Å². The van der Waals surface area contributed by atoms with Gasteiger partial charge in [-0.15, -0.1) is 0 Å². The van der Waals surface area contributed by atoms with Crippen LogP contribution in [-0.4, -0.2) is 46.1 Å². The van der Waals surface area contributed by atoms with E-state index in [0.717, 1.165) is 5.56 Å². The number of nitrogens with one attached hydrogen (secondary N) is 1. The molecule has 0 saturated carbocycles. The molecular formula is C17H27NO4S. The average molecular weight is 341 g/mol. The molecule has 23 heavy (non-hydrogen) atoms. The second-order valence-electron chi connectivity index (χ2n) is 6.63. The maximum Gasteiger partial charge on any atom is 0.235 e. The van der Waals surface area contributed by atoms with Gasteiger partial charge < -0.3 is 10.1 Å². The normalized spacial score (nSPS) is 12.2. The van der Waals surface area contributed by atoms with Crippen LogP contribution in [0.4, 0.5) is 0 Å². The van der Waals surface area contributed by atoms with Crippen LogP contribution in [0.2, 0.25) is 0 Å². The molecule has 1 amide bonds. The Balaban J connectivity index is 2.40. The molecule has 0 aliphatic heterocycles. The van der Waals surface area contributed by atoms with E-state index in [0.29, 0.717) is 13.0 Å².